The van der Waals surface area contributed by atoms with Gasteiger partial charge in [0.2, 0.25) is 23.6 Å². The van der Waals surface area contributed by atoms with Crippen molar-refractivity contribution < 1.29 is 29.1 Å². The Morgan fingerprint density at radius 2 is 1.54 bits per heavy atom. The molecule has 0 aromatic heterocycles. The Labute approximate surface area is 217 Å². The Morgan fingerprint density at radius 1 is 0.919 bits per heavy atom. The van der Waals surface area contributed by atoms with E-state index >= 15 is 0 Å². The van der Waals surface area contributed by atoms with Crippen LogP contribution < -0.4 is 33.2 Å². The fourth-order valence-electron chi connectivity index (χ4n) is 3.60. The number of carboxylic acid groups (broad SMARTS) is 1. The number of nitrogens with one attached hydrogen (secondary N) is 3. The Balaban J connectivity index is 3.10. The van der Waals surface area contributed by atoms with Crippen LogP contribution in [0.5, 0.6) is 0 Å². The molecule has 37 heavy (non-hydrogen) atoms. The molecule has 0 fully saturated rings. The molecule has 0 bridgehead atoms. The van der Waals surface area contributed by atoms with Gasteiger partial charge in [0.05, 0.1) is 12.5 Å². The minimum absolute atomic E-state index is 0.0428. The maximum absolute atomic E-state index is 13.3. The lowest BCUT2D eigenvalue weighted by molar-refractivity contribution is -0.143. The first kappa shape index (κ1) is 31.5. The normalized spacial score (nSPS) is 14.9. The highest BCUT2D eigenvalue weighted by Crippen LogP contribution is 2.11. The lowest BCUT2D eigenvalue weighted by Gasteiger charge is -2.28. The summed E-state index contributed by atoms with van der Waals surface area (Å²) >= 11 is 0. The SMILES string of the molecule is CCC(C)C(NC(=O)C(N)CCCCN)C(=O)NC(Cc1ccccc1)C(=O)NC(CC(N)=O)C(=O)O. The Kier molecular flexibility index (Phi) is 13.9. The molecule has 5 unspecified atom stereocenters. The maximum atomic E-state index is 13.3. The predicted molar refractivity (Wildman–Crippen MR) is 138 cm³/mol. The molecule has 0 aliphatic heterocycles. The van der Waals surface area contributed by atoms with Gasteiger partial charge in [-0.3, -0.25) is 19.2 Å². The molecule has 0 saturated carbocycles. The second-order valence-corrected chi connectivity index (χ2v) is 9.08. The van der Waals surface area contributed by atoms with Gasteiger partial charge in [0, 0.05) is 6.42 Å². The monoisotopic (exact) mass is 520 g/mol. The molecule has 0 radical (unpaired) electrons. The van der Waals surface area contributed by atoms with Crippen LogP contribution in [0.15, 0.2) is 30.3 Å². The van der Waals surface area contributed by atoms with Crippen LogP contribution in [0.4, 0.5) is 0 Å². The van der Waals surface area contributed by atoms with Crippen LogP contribution in [-0.2, 0) is 30.4 Å². The third-order valence-electron chi connectivity index (χ3n) is 6.03. The third kappa shape index (κ3) is 11.4. The zero-order chi connectivity index (χ0) is 28.0. The van der Waals surface area contributed by atoms with Crippen molar-refractivity contribution in [3.8, 4) is 0 Å². The summed E-state index contributed by atoms with van der Waals surface area (Å²) in [5.41, 5.74) is 17.3. The number of carbonyl (C=O) groups excluding carboxylic acids is 4. The van der Waals surface area contributed by atoms with E-state index in [4.69, 9.17) is 17.2 Å². The summed E-state index contributed by atoms with van der Waals surface area (Å²) in [6, 6.07) is 4.25. The van der Waals surface area contributed by atoms with Gasteiger partial charge in [-0.25, -0.2) is 4.79 Å². The first-order valence-corrected chi connectivity index (χ1v) is 12.4. The number of carbonyl (C=O) groups is 5. The molecule has 0 aliphatic rings. The fraction of sp³-hybridized carbons (Fsp3) is 0.560. The number of carboxylic acids is 1. The quantitative estimate of drug-likeness (QED) is 0.128. The Bertz CT molecular complexity index is 912. The van der Waals surface area contributed by atoms with Gasteiger partial charge in [-0.1, -0.05) is 57.0 Å². The molecule has 0 aliphatic carbocycles. The van der Waals surface area contributed by atoms with Gasteiger partial charge in [-0.05, 0) is 30.9 Å². The van der Waals surface area contributed by atoms with Crippen LogP contribution >= 0.6 is 0 Å². The summed E-state index contributed by atoms with van der Waals surface area (Å²) in [5, 5.41) is 17.0. The van der Waals surface area contributed by atoms with Gasteiger partial charge in [-0.15, -0.1) is 0 Å². The molecule has 1 rings (SSSR count). The summed E-state index contributed by atoms with van der Waals surface area (Å²) in [6.07, 6.45) is 1.78. The van der Waals surface area contributed by atoms with Crippen LogP contribution in [0.25, 0.3) is 0 Å². The van der Waals surface area contributed by atoms with Crippen LogP contribution in [0.1, 0.15) is 51.5 Å². The zero-order valence-electron chi connectivity index (χ0n) is 21.4. The van der Waals surface area contributed by atoms with Crippen molar-refractivity contribution in [1.29, 1.82) is 0 Å². The fourth-order valence-corrected chi connectivity index (χ4v) is 3.60. The molecule has 0 spiro atoms. The van der Waals surface area contributed by atoms with Crippen molar-refractivity contribution in [3.63, 3.8) is 0 Å². The summed E-state index contributed by atoms with van der Waals surface area (Å²) in [7, 11) is 0. The van der Waals surface area contributed by atoms with Gasteiger partial charge in [-0.2, -0.15) is 0 Å². The summed E-state index contributed by atoms with van der Waals surface area (Å²) in [4.78, 5) is 61.8. The second kappa shape index (κ2) is 16.3. The van der Waals surface area contributed by atoms with Gasteiger partial charge in [0.1, 0.15) is 18.1 Å². The molecule has 1 aromatic carbocycles. The lowest BCUT2D eigenvalue weighted by atomic mass is 9.96. The molecule has 206 valence electrons. The van der Waals surface area contributed by atoms with Gasteiger partial charge < -0.3 is 38.3 Å². The molecule has 0 saturated heterocycles. The number of unbranched alkanes of at least 4 members (excludes halogenated alkanes) is 1. The van der Waals surface area contributed by atoms with E-state index in [9.17, 15) is 29.1 Å². The number of hydrogen-bond donors (Lipinski definition) is 7. The molecule has 5 atom stereocenters. The lowest BCUT2D eigenvalue weighted by Crippen LogP contribution is -2.59. The topological polar surface area (TPSA) is 220 Å². The van der Waals surface area contributed by atoms with Crippen molar-refractivity contribution in [2.75, 3.05) is 6.54 Å². The maximum Gasteiger partial charge on any atom is 0.326 e. The number of benzene rings is 1. The van der Waals surface area contributed by atoms with E-state index < -0.39 is 60.2 Å². The molecular formula is C25H40N6O6. The van der Waals surface area contributed by atoms with E-state index in [1.807, 2.05) is 6.92 Å². The molecule has 0 heterocycles. The Hall–Kier alpha value is -3.51. The predicted octanol–water partition coefficient (Wildman–Crippen LogP) is -0.854. The van der Waals surface area contributed by atoms with Gasteiger partial charge in [0.25, 0.3) is 0 Å². The van der Waals surface area contributed by atoms with Crippen molar-refractivity contribution in [1.82, 2.24) is 16.0 Å². The minimum atomic E-state index is -1.56. The van der Waals surface area contributed by atoms with Gasteiger partial charge in [0.15, 0.2) is 0 Å². The molecule has 4 amide bonds. The first-order valence-electron chi connectivity index (χ1n) is 12.4. The number of aliphatic carboxylic acids is 1. The summed E-state index contributed by atoms with van der Waals surface area (Å²) in [6.45, 7) is 4.12. The largest absolute Gasteiger partial charge is 0.480 e. The summed E-state index contributed by atoms with van der Waals surface area (Å²) in [5.74, 6) is -4.55. The molecule has 12 nitrogen and oxygen atoms in total. The highest BCUT2D eigenvalue weighted by molar-refractivity contribution is 5.95. The highest BCUT2D eigenvalue weighted by atomic mass is 16.4. The minimum Gasteiger partial charge on any atom is -0.480 e. The van der Waals surface area contributed by atoms with Crippen molar-refractivity contribution >= 4 is 29.6 Å². The van der Waals surface area contributed by atoms with E-state index in [0.717, 1.165) is 6.42 Å². The number of nitrogens with two attached hydrogens (primary N) is 3. The average Bonchev–Trinajstić information content (AvgIpc) is 2.85. The first-order chi connectivity index (χ1) is 17.5. The molecule has 12 heteroatoms. The summed E-state index contributed by atoms with van der Waals surface area (Å²) < 4.78 is 0. The molecule has 10 N–H and O–H groups in total. The Morgan fingerprint density at radius 3 is 2.08 bits per heavy atom. The van der Waals surface area contributed by atoms with Crippen LogP contribution in [-0.4, -0.2) is 65.4 Å². The van der Waals surface area contributed by atoms with Crippen LogP contribution in [0, 0.1) is 5.92 Å². The van der Waals surface area contributed by atoms with E-state index in [0.29, 0.717) is 31.4 Å². The number of primary amides is 1. The second-order valence-electron chi connectivity index (χ2n) is 9.08. The van der Waals surface area contributed by atoms with Crippen LogP contribution in [0.3, 0.4) is 0 Å². The number of amides is 4. The van der Waals surface area contributed by atoms with Crippen LogP contribution in [0.2, 0.25) is 0 Å². The van der Waals surface area contributed by atoms with E-state index in [1.165, 1.54) is 0 Å². The zero-order valence-corrected chi connectivity index (χ0v) is 21.4. The smallest absolute Gasteiger partial charge is 0.326 e. The van der Waals surface area contributed by atoms with E-state index in [-0.39, 0.29) is 12.3 Å². The van der Waals surface area contributed by atoms with E-state index in [1.54, 1.807) is 37.3 Å². The van der Waals surface area contributed by atoms with Crippen molar-refractivity contribution in [2.24, 2.45) is 23.1 Å². The molecular weight excluding hydrogens is 480 g/mol. The number of rotatable bonds is 17. The van der Waals surface area contributed by atoms with Crippen molar-refractivity contribution in [2.45, 2.75) is 76.5 Å². The van der Waals surface area contributed by atoms with E-state index in [2.05, 4.69) is 16.0 Å². The third-order valence-corrected chi connectivity index (χ3v) is 6.03. The van der Waals surface area contributed by atoms with Crippen molar-refractivity contribution in [3.05, 3.63) is 35.9 Å². The number of hydrogen-bond acceptors (Lipinski definition) is 7. The highest BCUT2D eigenvalue weighted by Gasteiger charge is 2.32. The standard InChI is InChI=1S/C25H40N6O6/c1-3-15(2)21(31-22(33)17(27)11-7-8-12-26)24(35)29-18(13-16-9-5-4-6-10-16)23(34)30-19(25(36)37)14-20(28)32/h4-6,9-10,15,17-19,21H,3,7-8,11-14,26-27H2,1-2H3,(H2,28,32)(H,29,35)(H,30,34)(H,31,33)(H,36,37). The van der Waals surface area contributed by atoms with Gasteiger partial charge >= 0.3 is 5.97 Å². The average molecular weight is 521 g/mol. The molecule has 1 aromatic rings.